The molecule has 1 N–H and O–H groups in total. The quantitative estimate of drug-likeness (QED) is 0.741. The van der Waals surface area contributed by atoms with Gasteiger partial charge in [0.25, 0.3) is 0 Å². The molecule has 1 heterocycles. The van der Waals surface area contributed by atoms with Crippen LogP contribution in [-0.2, 0) is 13.6 Å². The molecule has 13 heavy (non-hydrogen) atoms. The molecule has 3 nitrogen and oxygen atoms in total. The van der Waals surface area contributed by atoms with Crippen LogP contribution in [0.5, 0.6) is 0 Å². The van der Waals surface area contributed by atoms with E-state index in [9.17, 15) is 0 Å². The predicted octanol–water partition coefficient (Wildman–Crippen LogP) is 1.28. The summed E-state index contributed by atoms with van der Waals surface area (Å²) >= 11 is 5.84. The molecular formula is C9H14ClN3. The van der Waals surface area contributed by atoms with Crippen LogP contribution in [0.25, 0.3) is 0 Å². The largest absolute Gasteiger partial charge is 0.304 e. The summed E-state index contributed by atoms with van der Waals surface area (Å²) in [4.78, 5) is 0. The molecule has 0 saturated heterocycles. The number of aryl methyl sites for hydroxylation is 1. The molecule has 0 unspecified atom stereocenters. The number of hydrogen-bond donors (Lipinski definition) is 1. The Balaban J connectivity index is 1.86. The molecule has 0 atom stereocenters. The Morgan fingerprint density at radius 1 is 1.69 bits per heavy atom. The Kier molecular flexibility index (Phi) is 2.30. The highest BCUT2D eigenvalue weighted by molar-refractivity contribution is 6.18. The van der Waals surface area contributed by atoms with Gasteiger partial charge in [-0.2, -0.15) is 5.10 Å². The van der Waals surface area contributed by atoms with E-state index in [1.807, 2.05) is 24.0 Å². The number of nitrogens with zero attached hydrogens (tertiary/aromatic N) is 2. The summed E-state index contributed by atoms with van der Waals surface area (Å²) < 4.78 is 1.82. The third kappa shape index (κ3) is 2.03. The van der Waals surface area contributed by atoms with Crippen molar-refractivity contribution in [3.05, 3.63) is 18.0 Å². The standard InChI is InChI=1S/C9H14ClN3/c1-13-5-2-8(12-13)6-11-9(7-10)3-4-9/h2,5,11H,3-4,6-7H2,1H3. The molecule has 0 aromatic carbocycles. The van der Waals surface area contributed by atoms with E-state index >= 15 is 0 Å². The minimum Gasteiger partial charge on any atom is -0.304 e. The number of nitrogens with one attached hydrogen (secondary N) is 1. The average molecular weight is 200 g/mol. The first kappa shape index (κ1) is 9.03. The summed E-state index contributed by atoms with van der Waals surface area (Å²) in [6, 6.07) is 2.03. The molecule has 1 aliphatic carbocycles. The van der Waals surface area contributed by atoms with Crippen molar-refractivity contribution in [2.24, 2.45) is 7.05 Å². The lowest BCUT2D eigenvalue weighted by Gasteiger charge is -2.11. The van der Waals surface area contributed by atoms with E-state index in [1.54, 1.807) is 0 Å². The van der Waals surface area contributed by atoms with Crippen molar-refractivity contribution in [1.29, 1.82) is 0 Å². The summed E-state index contributed by atoms with van der Waals surface area (Å²) in [6.07, 6.45) is 4.35. The van der Waals surface area contributed by atoms with Gasteiger partial charge in [-0.3, -0.25) is 4.68 Å². The first-order valence-electron chi connectivity index (χ1n) is 4.54. The third-order valence-electron chi connectivity index (χ3n) is 2.52. The van der Waals surface area contributed by atoms with E-state index in [1.165, 1.54) is 12.8 Å². The number of hydrogen-bond acceptors (Lipinski definition) is 2. The van der Waals surface area contributed by atoms with Crippen LogP contribution < -0.4 is 5.32 Å². The van der Waals surface area contributed by atoms with Gasteiger partial charge >= 0.3 is 0 Å². The van der Waals surface area contributed by atoms with Crippen molar-refractivity contribution in [2.45, 2.75) is 24.9 Å². The van der Waals surface area contributed by atoms with Crippen molar-refractivity contribution in [1.82, 2.24) is 15.1 Å². The number of alkyl halides is 1. The van der Waals surface area contributed by atoms with Crippen LogP contribution in [0.2, 0.25) is 0 Å². The van der Waals surface area contributed by atoms with Crippen molar-refractivity contribution in [3.63, 3.8) is 0 Å². The Hall–Kier alpha value is -0.540. The van der Waals surface area contributed by atoms with Gasteiger partial charge in [0.05, 0.1) is 5.69 Å². The maximum absolute atomic E-state index is 5.84. The van der Waals surface area contributed by atoms with Crippen LogP contribution in [-0.4, -0.2) is 21.2 Å². The molecule has 1 aliphatic rings. The second-order valence-corrected chi connectivity index (χ2v) is 4.02. The molecule has 1 fully saturated rings. The lowest BCUT2D eigenvalue weighted by Crippen LogP contribution is -2.32. The van der Waals surface area contributed by atoms with Gasteiger partial charge in [0.2, 0.25) is 0 Å². The molecule has 1 aromatic heterocycles. The van der Waals surface area contributed by atoms with E-state index < -0.39 is 0 Å². The zero-order valence-electron chi connectivity index (χ0n) is 7.76. The van der Waals surface area contributed by atoms with Gasteiger partial charge in [-0.25, -0.2) is 0 Å². The van der Waals surface area contributed by atoms with Crippen molar-refractivity contribution >= 4 is 11.6 Å². The summed E-state index contributed by atoms with van der Waals surface area (Å²) in [7, 11) is 1.93. The normalized spacial score (nSPS) is 18.9. The molecule has 0 radical (unpaired) electrons. The minimum absolute atomic E-state index is 0.221. The van der Waals surface area contributed by atoms with Crippen molar-refractivity contribution in [2.75, 3.05) is 5.88 Å². The fraction of sp³-hybridized carbons (Fsp3) is 0.667. The predicted molar refractivity (Wildman–Crippen MR) is 52.7 cm³/mol. The van der Waals surface area contributed by atoms with Crippen LogP contribution in [0.15, 0.2) is 12.3 Å². The highest BCUT2D eigenvalue weighted by Gasteiger charge is 2.41. The van der Waals surface area contributed by atoms with Gasteiger partial charge in [-0.05, 0) is 18.9 Å². The number of aromatic nitrogens is 2. The molecule has 1 aromatic rings. The summed E-state index contributed by atoms with van der Waals surface area (Å²) in [6.45, 7) is 0.827. The Morgan fingerprint density at radius 2 is 2.46 bits per heavy atom. The van der Waals surface area contributed by atoms with E-state index in [0.717, 1.165) is 12.2 Å². The molecule has 0 bridgehead atoms. The van der Waals surface area contributed by atoms with E-state index in [2.05, 4.69) is 10.4 Å². The minimum atomic E-state index is 0.221. The SMILES string of the molecule is Cn1ccc(CNC2(CCl)CC2)n1. The molecule has 4 heteroatoms. The lowest BCUT2D eigenvalue weighted by molar-refractivity contribution is 0.532. The Bertz CT molecular complexity index is 291. The van der Waals surface area contributed by atoms with Gasteiger partial charge in [-0.15, -0.1) is 11.6 Å². The first-order chi connectivity index (χ1) is 6.24. The highest BCUT2D eigenvalue weighted by atomic mass is 35.5. The van der Waals surface area contributed by atoms with Crippen LogP contribution in [0.3, 0.4) is 0 Å². The second kappa shape index (κ2) is 3.31. The van der Waals surface area contributed by atoms with Crippen LogP contribution in [0, 0.1) is 0 Å². The zero-order chi connectivity index (χ0) is 9.31. The Morgan fingerprint density at radius 3 is 2.92 bits per heavy atom. The van der Waals surface area contributed by atoms with Crippen molar-refractivity contribution < 1.29 is 0 Å². The van der Waals surface area contributed by atoms with Crippen LogP contribution >= 0.6 is 11.6 Å². The third-order valence-corrected chi connectivity index (χ3v) is 3.03. The van der Waals surface area contributed by atoms with Gasteiger partial charge in [0, 0.05) is 31.2 Å². The topological polar surface area (TPSA) is 29.9 Å². The van der Waals surface area contributed by atoms with Gasteiger partial charge in [0.15, 0.2) is 0 Å². The zero-order valence-corrected chi connectivity index (χ0v) is 8.51. The average Bonchev–Trinajstić information content (AvgIpc) is 2.81. The van der Waals surface area contributed by atoms with E-state index in [4.69, 9.17) is 11.6 Å². The molecule has 0 spiro atoms. The van der Waals surface area contributed by atoms with Gasteiger partial charge < -0.3 is 5.32 Å². The summed E-state index contributed by atoms with van der Waals surface area (Å²) in [5.41, 5.74) is 1.30. The molecule has 72 valence electrons. The lowest BCUT2D eigenvalue weighted by atomic mass is 10.3. The molecule has 0 amide bonds. The van der Waals surface area contributed by atoms with Crippen LogP contribution in [0.4, 0.5) is 0 Å². The van der Waals surface area contributed by atoms with Gasteiger partial charge in [0.1, 0.15) is 0 Å². The number of rotatable bonds is 4. The molecule has 0 aliphatic heterocycles. The molecular weight excluding hydrogens is 186 g/mol. The van der Waals surface area contributed by atoms with Gasteiger partial charge in [-0.1, -0.05) is 0 Å². The smallest absolute Gasteiger partial charge is 0.0762 e. The second-order valence-electron chi connectivity index (χ2n) is 3.75. The maximum Gasteiger partial charge on any atom is 0.0762 e. The fourth-order valence-electron chi connectivity index (χ4n) is 1.34. The summed E-state index contributed by atoms with van der Waals surface area (Å²) in [5.74, 6) is 0.708. The molecule has 2 rings (SSSR count). The maximum atomic E-state index is 5.84. The summed E-state index contributed by atoms with van der Waals surface area (Å²) in [5, 5.41) is 7.73. The van der Waals surface area contributed by atoms with E-state index in [-0.39, 0.29) is 5.54 Å². The number of halogens is 1. The molecule has 1 saturated carbocycles. The monoisotopic (exact) mass is 199 g/mol. The van der Waals surface area contributed by atoms with E-state index in [0.29, 0.717) is 5.88 Å². The van der Waals surface area contributed by atoms with Crippen molar-refractivity contribution in [3.8, 4) is 0 Å². The first-order valence-corrected chi connectivity index (χ1v) is 5.07. The van der Waals surface area contributed by atoms with Crippen LogP contribution in [0.1, 0.15) is 18.5 Å². The Labute approximate surface area is 83.1 Å². The fourth-order valence-corrected chi connectivity index (χ4v) is 1.71. The highest BCUT2D eigenvalue weighted by Crippen LogP contribution is 2.36.